The van der Waals surface area contributed by atoms with Gasteiger partial charge in [-0.05, 0) is 19.1 Å². The van der Waals surface area contributed by atoms with Gasteiger partial charge in [-0.1, -0.05) is 23.7 Å². The van der Waals surface area contributed by atoms with Gasteiger partial charge in [0.2, 0.25) is 0 Å². The second kappa shape index (κ2) is 5.43. The van der Waals surface area contributed by atoms with Gasteiger partial charge < -0.3 is 4.74 Å². The Labute approximate surface area is 104 Å². The third-order valence-electron chi connectivity index (χ3n) is 2.12. The minimum absolute atomic E-state index is 0.592. The third kappa shape index (κ3) is 2.82. The van der Waals surface area contributed by atoms with Crippen molar-refractivity contribution in [2.45, 2.75) is 13.5 Å². The van der Waals surface area contributed by atoms with E-state index in [-0.39, 0.29) is 0 Å². The van der Waals surface area contributed by atoms with Crippen molar-refractivity contribution in [3.8, 4) is 11.3 Å². The van der Waals surface area contributed by atoms with Gasteiger partial charge in [0, 0.05) is 22.6 Å². The van der Waals surface area contributed by atoms with Crippen molar-refractivity contribution in [2.75, 3.05) is 6.61 Å². The maximum Gasteiger partial charge on any atom is 0.119 e. The molecular formula is C12H12ClNOS. The van der Waals surface area contributed by atoms with Gasteiger partial charge in [-0.3, -0.25) is 0 Å². The zero-order valence-electron chi connectivity index (χ0n) is 8.94. The van der Waals surface area contributed by atoms with Gasteiger partial charge >= 0.3 is 0 Å². The van der Waals surface area contributed by atoms with Crippen molar-refractivity contribution in [3.63, 3.8) is 0 Å². The Morgan fingerprint density at radius 2 is 2.06 bits per heavy atom. The Hall–Kier alpha value is -0.900. The quantitative estimate of drug-likeness (QED) is 0.822. The molecule has 0 aliphatic rings. The Morgan fingerprint density at radius 1 is 1.31 bits per heavy atom. The fourth-order valence-electron chi connectivity index (χ4n) is 1.32. The van der Waals surface area contributed by atoms with E-state index in [0.29, 0.717) is 6.61 Å². The van der Waals surface area contributed by atoms with Gasteiger partial charge in [0.25, 0.3) is 0 Å². The molecule has 0 fully saturated rings. The highest BCUT2D eigenvalue weighted by Crippen LogP contribution is 2.23. The molecule has 0 N–H and O–H groups in total. The molecule has 84 valence electrons. The number of halogens is 1. The lowest BCUT2D eigenvalue weighted by Gasteiger charge is -1.97. The van der Waals surface area contributed by atoms with Crippen molar-refractivity contribution in [1.82, 2.24) is 4.98 Å². The topological polar surface area (TPSA) is 22.1 Å². The van der Waals surface area contributed by atoms with E-state index in [2.05, 4.69) is 4.98 Å². The van der Waals surface area contributed by atoms with Crippen molar-refractivity contribution >= 4 is 22.9 Å². The predicted molar refractivity (Wildman–Crippen MR) is 67.9 cm³/mol. The first-order chi connectivity index (χ1) is 7.79. The molecule has 0 amide bonds. The van der Waals surface area contributed by atoms with Crippen LogP contribution in [0, 0.1) is 0 Å². The van der Waals surface area contributed by atoms with E-state index in [0.717, 1.165) is 27.9 Å². The number of benzene rings is 1. The SMILES string of the molecule is CCOCc1nc(-c2ccc(Cl)cc2)cs1. The summed E-state index contributed by atoms with van der Waals surface area (Å²) in [7, 11) is 0. The summed E-state index contributed by atoms with van der Waals surface area (Å²) in [6.45, 7) is 3.29. The zero-order valence-corrected chi connectivity index (χ0v) is 10.5. The summed E-state index contributed by atoms with van der Waals surface area (Å²) in [5, 5.41) is 3.79. The Balaban J connectivity index is 2.15. The second-order valence-electron chi connectivity index (χ2n) is 3.27. The average molecular weight is 254 g/mol. The lowest BCUT2D eigenvalue weighted by atomic mass is 10.2. The molecular weight excluding hydrogens is 242 g/mol. The summed E-state index contributed by atoms with van der Waals surface area (Å²) < 4.78 is 5.31. The number of rotatable bonds is 4. The summed E-state index contributed by atoms with van der Waals surface area (Å²) in [5.74, 6) is 0. The summed E-state index contributed by atoms with van der Waals surface area (Å²) >= 11 is 7.45. The second-order valence-corrected chi connectivity index (χ2v) is 4.65. The van der Waals surface area contributed by atoms with Gasteiger partial charge in [-0.15, -0.1) is 11.3 Å². The van der Waals surface area contributed by atoms with Crippen molar-refractivity contribution < 1.29 is 4.74 Å². The summed E-state index contributed by atoms with van der Waals surface area (Å²) in [6.07, 6.45) is 0. The number of hydrogen-bond acceptors (Lipinski definition) is 3. The minimum Gasteiger partial charge on any atom is -0.375 e. The lowest BCUT2D eigenvalue weighted by molar-refractivity contribution is 0.134. The first kappa shape index (κ1) is 11.6. The fraction of sp³-hybridized carbons (Fsp3) is 0.250. The van der Waals surface area contributed by atoms with Crippen LogP contribution in [-0.4, -0.2) is 11.6 Å². The number of aromatic nitrogens is 1. The number of nitrogens with zero attached hydrogens (tertiary/aromatic N) is 1. The van der Waals surface area contributed by atoms with Crippen LogP contribution in [0.15, 0.2) is 29.6 Å². The van der Waals surface area contributed by atoms with E-state index in [1.54, 1.807) is 11.3 Å². The molecule has 0 saturated carbocycles. The van der Waals surface area contributed by atoms with Gasteiger partial charge in [0.15, 0.2) is 0 Å². The molecule has 0 aliphatic carbocycles. The Kier molecular flexibility index (Phi) is 3.93. The molecule has 4 heteroatoms. The maximum atomic E-state index is 5.84. The van der Waals surface area contributed by atoms with Crippen molar-refractivity contribution in [2.24, 2.45) is 0 Å². The van der Waals surface area contributed by atoms with Crippen molar-refractivity contribution in [3.05, 3.63) is 39.7 Å². The highest BCUT2D eigenvalue weighted by molar-refractivity contribution is 7.09. The number of ether oxygens (including phenoxy) is 1. The molecule has 1 heterocycles. The largest absolute Gasteiger partial charge is 0.375 e. The van der Waals surface area contributed by atoms with Crippen LogP contribution in [0.5, 0.6) is 0 Å². The highest BCUT2D eigenvalue weighted by Gasteiger charge is 2.04. The standard InChI is InChI=1S/C12H12ClNOS/c1-2-15-7-12-14-11(8-16-12)9-3-5-10(13)6-4-9/h3-6,8H,2,7H2,1H3. The zero-order chi connectivity index (χ0) is 11.4. The fourth-order valence-corrected chi connectivity index (χ4v) is 2.18. The Bertz CT molecular complexity index is 452. The van der Waals surface area contributed by atoms with Crippen LogP contribution < -0.4 is 0 Å². The van der Waals surface area contributed by atoms with E-state index >= 15 is 0 Å². The molecule has 2 rings (SSSR count). The van der Waals surface area contributed by atoms with Gasteiger partial charge in [-0.2, -0.15) is 0 Å². The first-order valence-corrected chi connectivity index (χ1v) is 6.33. The maximum absolute atomic E-state index is 5.84. The molecule has 1 aromatic carbocycles. The van der Waals surface area contributed by atoms with E-state index in [9.17, 15) is 0 Å². The van der Waals surface area contributed by atoms with E-state index in [1.807, 2.05) is 36.6 Å². The molecule has 16 heavy (non-hydrogen) atoms. The molecule has 1 aromatic heterocycles. The van der Waals surface area contributed by atoms with Gasteiger partial charge in [0.05, 0.1) is 12.3 Å². The first-order valence-electron chi connectivity index (χ1n) is 5.07. The van der Waals surface area contributed by atoms with Crippen LogP contribution in [0.2, 0.25) is 5.02 Å². The number of thiazole rings is 1. The average Bonchev–Trinajstić information content (AvgIpc) is 2.76. The molecule has 2 aromatic rings. The summed E-state index contributed by atoms with van der Waals surface area (Å²) in [5.41, 5.74) is 2.07. The van der Waals surface area contributed by atoms with E-state index in [4.69, 9.17) is 16.3 Å². The van der Waals surface area contributed by atoms with Gasteiger partial charge in [-0.25, -0.2) is 4.98 Å². The monoisotopic (exact) mass is 253 g/mol. The summed E-state index contributed by atoms with van der Waals surface area (Å²) in [6, 6.07) is 7.70. The molecule has 0 spiro atoms. The van der Waals surface area contributed by atoms with Crippen LogP contribution in [0.3, 0.4) is 0 Å². The van der Waals surface area contributed by atoms with Crippen LogP contribution in [-0.2, 0) is 11.3 Å². The van der Waals surface area contributed by atoms with Crippen LogP contribution >= 0.6 is 22.9 Å². The molecule has 0 bridgehead atoms. The normalized spacial score (nSPS) is 10.6. The predicted octanol–water partition coefficient (Wildman–Crippen LogP) is 4.00. The third-order valence-corrected chi connectivity index (χ3v) is 3.20. The molecule has 0 saturated heterocycles. The van der Waals surface area contributed by atoms with E-state index in [1.165, 1.54) is 0 Å². The van der Waals surface area contributed by atoms with Crippen LogP contribution in [0.25, 0.3) is 11.3 Å². The summed E-state index contributed by atoms with van der Waals surface area (Å²) in [4.78, 5) is 4.50. The van der Waals surface area contributed by atoms with Crippen molar-refractivity contribution in [1.29, 1.82) is 0 Å². The van der Waals surface area contributed by atoms with Crippen LogP contribution in [0.4, 0.5) is 0 Å². The molecule has 0 atom stereocenters. The molecule has 0 unspecified atom stereocenters. The van der Waals surface area contributed by atoms with Gasteiger partial charge in [0.1, 0.15) is 5.01 Å². The highest BCUT2D eigenvalue weighted by atomic mass is 35.5. The van der Waals surface area contributed by atoms with Crippen LogP contribution in [0.1, 0.15) is 11.9 Å². The Morgan fingerprint density at radius 3 is 2.75 bits per heavy atom. The lowest BCUT2D eigenvalue weighted by Crippen LogP contribution is -1.90. The molecule has 0 aliphatic heterocycles. The molecule has 2 nitrogen and oxygen atoms in total. The van der Waals surface area contributed by atoms with E-state index < -0.39 is 0 Å². The molecule has 0 radical (unpaired) electrons. The smallest absolute Gasteiger partial charge is 0.119 e. The minimum atomic E-state index is 0.592. The number of hydrogen-bond donors (Lipinski definition) is 0.